The van der Waals surface area contributed by atoms with E-state index in [1.807, 2.05) is 31.2 Å². The van der Waals surface area contributed by atoms with E-state index in [4.69, 9.17) is 17.3 Å². The van der Waals surface area contributed by atoms with Crippen molar-refractivity contribution in [3.05, 3.63) is 58.6 Å². The van der Waals surface area contributed by atoms with Gasteiger partial charge in [-0.25, -0.2) is 13.1 Å². The first-order valence-corrected chi connectivity index (χ1v) is 7.85. The molecule has 20 heavy (non-hydrogen) atoms. The van der Waals surface area contributed by atoms with Crippen molar-refractivity contribution in [2.45, 2.75) is 18.4 Å². The highest BCUT2D eigenvalue weighted by Gasteiger charge is 2.17. The SMILES string of the molecule is Cc1ccccc1CNS(=O)(=O)c1ccc(Cl)cc1N. The van der Waals surface area contributed by atoms with E-state index in [-0.39, 0.29) is 17.1 Å². The van der Waals surface area contributed by atoms with E-state index in [9.17, 15) is 8.42 Å². The lowest BCUT2D eigenvalue weighted by atomic mass is 10.1. The van der Waals surface area contributed by atoms with Crippen LogP contribution in [0.4, 0.5) is 5.69 Å². The average molecular weight is 311 g/mol. The molecule has 106 valence electrons. The fourth-order valence-electron chi connectivity index (χ4n) is 1.82. The van der Waals surface area contributed by atoms with Crippen LogP contribution in [0.1, 0.15) is 11.1 Å². The Balaban J connectivity index is 2.22. The number of sulfonamides is 1. The summed E-state index contributed by atoms with van der Waals surface area (Å²) in [6, 6.07) is 11.9. The smallest absolute Gasteiger partial charge is 0.242 e. The first-order chi connectivity index (χ1) is 9.40. The minimum Gasteiger partial charge on any atom is -0.398 e. The highest BCUT2D eigenvalue weighted by atomic mass is 35.5. The summed E-state index contributed by atoms with van der Waals surface area (Å²) in [5, 5.41) is 0.403. The van der Waals surface area contributed by atoms with E-state index in [0.29, 0.717) is 5.02 Å². The van der Waals surface area contributed by atoms with Gasteiger partial charge in [-0.3, -0.25) is 0 Å². The molecule has 0 saturated carbocycles. The molecule has 2 aromatic rings. The molecule has 0 aliphatic rings. The van der Waals surface area contributed by atoms with Gasteiger partial charge < -0.3 is 5.73 Å². The Bertz CT molecular complexity index is 730. The van der Waals surface area contributed by atoms with E-state index >= 15 is 0 Å². The van der Waals surface area contributed by atoms with Crippen molar-refractivity contribution in [2.75, 3.05) is 5.73 Å². The number of aryl methyl sites for hydroxylation is 1. The highest BCUT2D eigenvalue weighted by molar-refractivity contribution is 7.89. The first-order valence-electron chi connectivity index (χ1n) is 5.99. The first kappa shape index (κ1) is 14.8. The summed E-state index contributed by atoms with van der Waals surface area (Å²) in [6.07, 6.45) is 0. The molecule has 4 nitrogen and oxygen atoms in total. The predicted octanol–water partition coefficient (Wildman–Crippen LogP) is 2.71. The largest absolute Gasteiger partial charge is 0.398 e. The van der Waals surface area contributed by atoms with Crippen molar-refractivity contribution in [1.29, 1.82) is 0 Å². The van der Waals surface area contributed by atoms with Crippen molar-refractivity contribution >= 4 is 27.3 Å². The molecule has 6 heteroatoms. The lowest BCUT2D eigenvalue weighted by Gasteiger charge is -2.10. The Labute approximate surface area is 123 Å². The molecule has 0 amide bonds. The molecule has 0 aromatic heterocycles. The standard InChI is InChI=1S/C14H15ClN2O2S/c1-10-4-2-3-5-11(10)9-17-20(18,19)14-7-6-12(15)8-13(14)16/h2-8,17H,9,16H2,1H3. The Kier molecular flexibility index (Phi) is 4.32. The lowest BCUT2D eigenvalue weighted by Crippen LogP contribution is -2.24. The van der Waals surface area contributed by atoms with Gasteiger partial charge in [0.2, 0.25) is 10.0 Å². The van der Waals surface area contributed by atoms with Gasteiger partial charge in [0.25, 0.3) is 0 Å². The number of nitrogen functional groups attached to an aromatic ring is 1. The van der Waals surface area contributed by atoms with Gasteiger partial charge in [-0.1, -0.05) is 35.9 Å². The van der Waals surface area contributed by atoms with Crippen LogP contribution in [0.15, 0.2) is 47.4 Å². The molecular formula is C14H15ClN2O2S. The normalized spacial score (nSPS) is 11.5. The summed E-state index contributed by atoms with van der Waals surface area (Å²) in [5.74, 6) is 0. The molecule has 0 aliphatic carbocycles. The second-order valence-electron chi connectivity index (χ2n) is 4.43. The number of hydrogen-bond donors (Lipinski definition) is 2. The molecule has 0 saturated heterocycles. The third kappa shape index (κ3) is 3.30. The molecule has 0 atom stereocenters. The fourth-order valence-corrected chi connectivity index (χ4v) is 3.12. The number of benzene rings is 2. The molecule has 2 rings (SSSR count). The summed E-state index contributed by atoms with van der Waals surface area (Å²) >= 11 is 5.77. The maximum atomic E-state index is 12.2. The maximum Gasteiger partial charge on any atom is 0.242 e. The second kappa shape index (κ2) is 5.83. The van der Waals surface area contributed by atoms with Crippen LogP contribution in [-0.2, 0) is 16.6 Å². The molecule has 0 spiro atoms. The average Bonchev–Trinajstić information content (AvgIpc) is 2.37. The minimum atomic E-state index is -3.66. The summed E-state index contributed by atoms with van der Waals surface area (Å²) in [7, 11) is -3.66. The van der Waals surface area contributed by atoms with E-state index in [1.54, 1.807) is 0 Å². The summed E-state index contributed by atoms with van der Waals surface area (Å²) < 4.78 is 27.0. The van der Waals surface area contributed by atoms with E-state index < -0.39 is 10.0 Å². The third-order valence-corrected chi connectivity index (χ3v) is 4.69. The zero-order valence-corrected chi connectivity index (χ0v) is 12.5. The number of anilines is 1. The van der Waals surface area contributed by atoms with Gasteiger partial charge in [0.1, 0.15) is 4.90 Å². The van der Waals surface area contributed by atoms with Crippen LogP contribution in [0.25, 0.3) is 0 Å². The molecule has 0 aliphatic heterocycles. The van der Waals surface area contributed by atoms with E-state index in [2.05, 4.69) is 4.72 Å². The molecule has 0 bridgehead atoms. The monoisotopic (exact) mass is 310 g/mol. The Morgan fingerprint density at radius 1 is 1.20 bits per heavy atom. The number of hydrogen-bond acceptors (Lipinski definition) is 3. The Hall–Kier alpha value is -1.56. The Morgan fingerprint density at radius 2 is 1.90 bits per heavy atom. The van der Waals surface area contributed by atoms with E-state index in [0.717, 1.165) is 11.1 Å². The molecule has 3 N–H and O–H groups in total. The molecule has 0 unspecified atom stereocenters. The number of halogens is 1. The van der Waals surface area contributed by atoms with Gasteiger partial charge >= 0.3 is 0 Å². The molecular weight excluding hydrogens is 296 g/mol. The van der Waals surface area contributed by atoms with Gasteiger partial charge in [-0.2, -0.15) is 0 Å². The van der Waals surface area contributed by atoms with Crippen molar-refractivity contribution in [1.82, 2.24) is 4.72 Å². The minimum absolute atomic E-state index is 0.0375. The van der Waals surface area contributed by atoms with Gasteiger partial charge in [0.15, 0.2) is 0 Å². The van der Waals surface area contributed by atoms with Crippen molar-refractivity contribution in [2.24, 2.45) is 0 Å². The summed E-state index contributed by atoms with van der Waals surface area (Å²) in [4.78, 5) is 0.0375. The van der Waals surface area contributed by atoms with Crippen molar-refractivity contribution < 1.29 is 8.42 Å². The zero-order chi connectivity index (χ0) is 14.8. The topological polar surface area (TPSA) is 72.2 Å². The highest BCUT2D eigenvalue weighted by Crippen LogP contribution is 2.22. The van der Waals surface area contributed by atoms with Crippen LogP contribution in [0.3, 0.4) is 0 Å². The van der Waals surface area contributed by atoms with Gasteiger partial charge in [0.05, 0.1) is 5.69 Å². The third-order valence-electron chi connectivity index (χ3n) is 2.98. The maximum absolute atomic E-state index is 12.2. The summed E-state index contributed by atoms with van der Waals surface area (Å²) in [6.45, 7) is 2.15. The quantitative estimate of drug-likeness (QED) is 0.853. The number of nitrogens with two attached hydrogens (primary N) is 1. The molecule has 0 radical (unpaired) electrons. The molecule has 2 aromatic carbocycles. The van der Waals surface area contributed by atoms with Crippen LogP contribution in [0, 0.1) is 6.92 Å². The lowest BCUT2D eigenvalue weighted by molar-refractivity contribution is 0.581. The second-order valence-corrected chi connectivity index (χ2v) is 6.60. The van der Waals surface area contributed by atoms with E-state index in [1.165, 1.54) is 18.2 Å². The zero-order valence-electron chi connectivity index (χ0n) is 10.9. The van der Waals surface area contributed by atoms with Crippen LogP contribution in [0.2, 0.25) is 5.02 Å². The predicted molar refractivity (Wildman–Crippen MR) is 81.1 cm³/mol. The van der Waals surface area contributed by atoms with Gasteiger partial charge in [-0.05, 0) is 36.2 Å². The van der Waals surface area contributed by atoms with Crippen LogP contribution < -0.4 is 10.5 Å². The van der Waals surface area contributed by atoms with Gasteiger partial charge in [-0.15, -0.1) is 0 Å². The molecule has 0 heterocycles. The summed E-state index contributed by atoms with van der Waals surface area (Å²) in [5.41, 5.74) is 7.78. The van der Waals surface area contributed by atoms with Crippen LogP contribution >= 0.6 is 11.6 Å². The number of rotatable bonds is 4. The Morgan fingerprint density at radius 3 is 2.55 bits per heavy atom. The van der Waals surface area contributed by atoms with Crippen molar-refractivity contribution in [3.8, 4) is 0 Å². The van der Waals surface area contributed by atoms with Gasteiger partial charge in [0, 0.05) is 11.6 Å². The molecule has 0 fully saturated rings. The van der Waals surface area contributed by atoms with Crippen LogP contribution in [-0.4, -0.2) is 8.42 Å². The van der Waals surface area contributed by atoms with Crippen molar-refractivity contribution in [3.63, 3.8) is 0 Å². The number of nitrogens with one attached hydrogen (secondary N) is 1. The van der Waals surface area contributed by atoms with Crippen LogP contribution in [0.5, 0.6) is 0 Å². The fraction of sp³-hybridized carbons (Fsp3) is 0.143.